The number of aliphatic hydroxyl groups excluding tert-OH is 1. The summed E-state index contributed by atoms with van der Waals surface area (Å²) in [6, 6.07) is 3.19. The largest absolute Gasteiger partial charge is 0.516 e. The summed E-state index contributed by atoms with van der Waals surface area (Å²) in [5, 5.41) is 10.5. The maximum atomic E-state index is 12.8. The number of aliphatic hydroxyl groups is 1. The van der Waals surface area contributed by atoms with Crippen LogP contribution in [0.2, 0.25) is 0 Å². The number of hydrogen-bond acceptors (Lipinski definition) is 4. The number of alkyl halides is 3. The van der Waals surface area contributed by atoms with Gasteiger partial charge in [-0.05, 0) is 85.0 Å². The molecule has 3 aliphatic rings. The monoisotopic (exact) mass is 433 g/mol. The lowest BCUT2D eigenvalue weighted by molar-refractivity contribution is -0.0429. The fraction of sp³-hybridized carbons (Fsp3) is 0.700. The van der Waals surface area contributed by atoms with Gasteiger partial charge in [0.1, 0.15) is 5.75 Å². The second kappa shape index (κ2) is 6.77. The summed E-state index contributed by atoms with van der Waals surface area (Å²) in [7, 11) is -4.20. The van der Waals surface area contributed by atoms with Gasteiger partial charge in [-0.3, -0.25) is 4.72 Å². The standard InChI is InChI=1S/C20H26F3NO4S/c1-19-8-7-12-13(15(19)5-6-18(19)25)4-3-11-9-16(17(28-2)10-14(11)12)24-29(26,27)20(21,22)23/h9-10,12-13,15,18,24-25H,3-8H2,1-2H3/t12-,13+,15-,18-,19-/m0/s1. The summed E-state index contributed by atoms with van der Waals surface area (Å²) in [4.78, 5) is 0. The normalized spacial score (nSPS) is 34.1. The molecule has 0 bridgehead atoms. The zero-order valence-electron chi connectivity index (χ0n) is 16.4. The van der Waals surface area contributed by atoms with Crippen molar-refractivity contribution in [3.8, 4) is 5.75 Å². The lowest BCUT2D eigenvalue weighted by Gasteiger charge is -2.50. The third kappa shape index (κ3) is 3.21. The highest BCUT2D eigenvalue weighted by molar-refractivity contribution is 7.93. The molecule has 2 N–H and O–H groups in total. The highest BCUT2D eigenvalue weighted by atomic mass is 32.2. The number of rotatable bonds is 3. The first-order chi connectivity index (χ1) is 13.5. The molecule has 0 spiro atoms. The number of aryl methyl sites for hydroxylation is 1. The molecule has 9 heteroatoms. The van der Waals surface area contributed by atoms with Gasteiger partial charge in [0.2, 0.25) is 0 Å². The van der Waals surface area contributed by atoms with Crippen molar-refractivity contribution in [3.05, 3.63) is 23.3 Å². The Hall–Kier alpha value is -1.48. The van der Waals surface area contributed by atoms with Crippen molar-refractivity contribution in [1.29, 1.82) is 0 Å². The molecule has 1 aromatic rings. The number of halogens is 3. The predicted molar refractivity (Wildman–Crippen MR) is 102 cm³/mol. The molecule has 0 unspecified atom stereocenters. The summed E-state index contributed by atoms with van der Waals surface area (Å²) in [5.74, 6) is 1.20. The van der Waals surface area contributed by atoms with Crippen molar-refractivity contribution in [2.45, 2.75) is 63.0 Å². The highest BCUT2D eigenvalue weighted by Crippen LogP contribution is 2.61. The SMILES string of the molecule is COc1cc2c(cc1NS(=O)(=O)C(F)(F)F)CC[C@@H]1[C@@H]2CC[C@]2(C)[C@@H](O)CC[C@@H]12. The number of methoxy groups -OCH3 is 1. The third-order valence-electron chi connectivity index (χ3n) is 7.54. The number of fused-ring (bicyclic) bond motifs is 5. The van der Waals surface area contributed by atoms with Gasteiger partial charge in [0.25, 0.3) is 0 Å². The average molecular weight is 433 g/mol. The smallest absolute Gasteiger partial charge is 0.495 e. The lowest BCUT2D eigenvalue weighted by atomic mass is 9.55. The van der Waals surface area contributed by atoms with E-state index in [1.54, 1.807) is 10.8 Å². The van der Waals surface area contributed by atoms with E-state index >= 15 is 0 Å². The van der Waals surface area contributed by atoms with Crippen molar-refractivity contribution < 1.29 is 31.4 Å². The molecule has 5 atom stereocenters. The van der Waals surface area contributed by atoms with Crippen molar-refractivity contribution in [1.82, 2.24) is 0 Å². The Morgan fingerprint density at radius 1 is 1.21 bits per heavy atom. The molecule has 0 saturated heterocycles. The second-order valence-electron chi connectivity index (χ2n) is 8.86. The summed E-state index contributed by atoms with van der Waals surface area (Å²) < 4.78 is 68.4. The van der Waals surface area contributed by atoms with Gasteiger partial charge in [0.05, 0.1) is 18.9 Å². The van der Waals surface area contributed by atoms with Gasteiger partial charge in [0, 0.05) is 0 Å². The molecule has 3 aliphatic carbocycles. The van der Waals surface area contributed by atoms with Gasteiger partial charge in [-0.1, -0.05) is 6.92 Å². The molecule has 0 heterocycles. The predicted octanol–water partition coefficient (Wildman–Crippen LogP) is 4.17. The Bertz CT molecular complexity index is 917. The van der Waals surface area contributed by atoms with E-state index < -0.39 is 15.5 Å². The summed E-state index contributed by atoms with van der Waals surface area (Å²) in [5.41, 5.74) is -3.73. The van der Waals surface area contributed by atoms with Gasteiger partial charge >= 0.3 is 15.5 Å². The third-order valence-corrected chi connectivity index (χ3v) is 8.64. The Kier molecular flexibility index (Phi) is 4.85. The second-order valence-corrected chi connectivity index (χ2v) is 10.5. The lowest BCUT2D eigenvalue weighted by Crippen LogP contribution is -2.43. The molecule has 0 radical (unpaired) electrons. The number of ether oxygens (including phenoxy) is 1. The molecule has 2 saturated carbocycles. The van der Waals surface area contributed by atoms with E-state index in [0.29, 0.717) is 18.3 Å². The van der Waals surface area contributed by atoms with E-state index in [4.69, 9.17) is 4.74 Å². The van der Waals surface area contributed by atoms with Crippen LogP contribution in [0, 0.1) is 17.3 Å². The number of nitrogens with one attached hydrogen (secondary N) is 1. The zero-order chi connectivity index (χ0) is 21.2. The van der Waals surface area contributed by atoms with Crippen LogP contribution >= 0.6 is 0 Å². The van der Waals surface area contributed by atoms with Crippen molar-refractivity contribution in [2.75, 3.05) is 11.8 Å². The number of sulfonamides is 1. The Morgan fingerprint density at radius 2 is 1.93 bits per heavy atom. The fourth-order valence-corrected chi connectivity index (χ4v) is 6.59. The molecule has 0 aromatic heterocycles. The van der Waals surface area contributed by atoms with Crippen LogP contribution in [-0.4, -0.2) is 32.2 Å². The van der Waals surface area contributed by atoms with Crippen LogP contribution in [0.3, 0.4) is 0 Å². The van der Waals surface area contributed by atoms with Gasteiger partial charge in [0.15, 0.2) is 0 Å². The minimum Gasteiger partial charge on any atom is -0.495 e. The van der Waals surface area contributed by atoms with Crippen LogP contribution < -0.4 is 9.46 Å². The minimum absolute atomic E-state index is 0.0644. The van der Waals surface area contributed by atoms with Crippen LogP contribution in [0.15, 0.2) is 12.1 Å². The summed E-state index contributed by atoms with van der Waals surface area (Å²) in [6.45, 7) is 2.18. The van der Waals surface area contributed by atoms with Gasteiger partial charge in [-0.25, -0.2) is 0 Å². The van der Waals surface area contributed by atoms with E-state index in [9.17, 15) is 26.7 Å². The van der Waals surface area contributed by atoms with Crippen LogP contribution in [0.4, 0.5) is 18.9 Å². The molecule has 162 valence electrons. The molecular formula is C20H26F3NO4S. The summed E-state index contributed by atoms with van der Waals surface area (Å²) in [6.07, 6.45) is 4.91. The molecule has 5 nitrogen and oxygen atoms in total. The van der Waals surface area contributed by atoms with Crippen LogP contribution in [0.5, 0.6) is 5.75 Å². The number of benzene rings is 1. The van der Waals surface area contributed by atoms with Crippen LogP contribution in [0.25, 0.3) is 0 Å². The maximum Gasteiger partial charge on any atom is 0.516 e. The van der Waals surface area contributed by atoms with Gasteiger partial charge in [-0.15, -0.1) is 0 Å². The highest BCUT2D eigenvalue weighted by Gasteiger charge is 2.54. The Morgan fingerprint density at radius 3 is 2.59 bits per heavy atom. The van der Waals surface area contributed by atoms with E-state index in [2.05, 4.69) is 6.92 Å². The maximum absolute atomic E-state index is 12.8. The average Bonchev–Trinajstić information content (AvgIpc) is 2.94. The molecule has 29 heavy (non-hydrogen) atoms. The number of anilines is 1. The van der Waals surface area contributed by atoms with E-state index in [0.717, 1.165) is 43.2 Å². The molecule has 0 aliphatic heterocycles. The Labute approximate surface area is 168 Å². The molecule has 0 amide bonds. The molecular weight excluding hydrogens is 407 g/mol. The van der Waals surface area contributed by atoms with Crippen molar-refractivity contribution in [2.24, 2.45) is 17.3 Å². The Balaban J connectivity index is 1.68. The first-order valence-corrected chi connectivity index (χ1v) is 11.4. The minimum atomic E-state index is -5.52. The summed E-state index contributed by atoms with van der Waals surface area (Å²) >= 11 is 0. The van der Waals surface area contributed by atoms with E-state index in [1.165, 1.54) is 13.2 Å². The number of hydrogen-bond donors (Lipinski definition) is 2. The van der Waals surface area contributed by atoms with Crippen molar-refractivity contribution >= 4 is 15.7 Å². The van der Waals surface area contributed by atoms with E-state index in [1.807, 2.05) is 0 Å². The van der Waals surface area contributed by atoms with Crippen LogP contribution in [-0.2, 0) is 16.4 Å². The molecule has 1 aromatic carbocycles. The van der Waals surface area contributed by atoms with Gasteiger partial charge in [-0.2, -0.15) is 21.6 Å². The zero-order valence-corrected chi connectivity index (χ0v) is 17.2. The quantitative estimate of drug-likeness (QED) is 0.750. The molecule has 2 fully saturated rings. The topological polar surface area (TPSA) is 75.6 Å². The first-order valence-electron chi connectivity index (χ1n) is 9.96. The van der Waals surface area contributed by atoms with Gasteiger partial charge < -0.3 is 9.84 Å². The van der Waals surface area contributed by atoms with Crippen molar-refractivity contribution in [3.63, 3.8) is 0 Å². The van der Waals surface area contributed by atoms with Crippen LogP contribution in [0.1, 0.15) is 56.1 Å². The molecule has 4 rings (SSSR count). The van der Waals surface area contributed by atoms with E-state index in [-0.39, 0.29) is 28.9 Å². The fourth-order valence-electron chi connectivity index (χ4n) is 6.02. The first kappa shape index (κ1) is 20.8.